The van der Waals surface area contributed by atoms with Crippen LogP contribution in [0.15, 0.2) is 11.0 Å². The highest BCUT2D eigenvalue weighted by atomic mass is 35.5. The summed E-state index contributed by atoms with van der Waals surface area (Å²) in [5.41, 5.74) is 6.53. The van der Waals surface area contributed by atoms with E-state index in [1.165, 1.54) is 11.8 Å². The van der Waals surface area contributed by atoms with E-state index in [1.54, 1.807) is 13.2 Å². The third-order valence-electron chi connectivity index (χ3n) is 1.62. The molecule has 2 N–H and O–H groups in total. The summed E-state index contributed by atoms with van der Waals surface area (Å²) in [7, 11) is 1.55. The Balaban J connectivity index is 3.20. The smallest absolute Gasteiger partial charge is 0.214 e. The molecule has 0 unspecified atom stereocenters. The molecule has 0 aliphatic heterocycles. The van der Waals surface area contributed by atoms with Crippen molar-refractivity contribution in [1.29, 1.82) is 0 Å². The van der Waals surface area contributed by atoms with Gasteiger partial charge in [-0.3, -0.25) is 0 Å². The standard InChI is InChI=1S/C8H11ClN2OS/c1-12-6-3-5(4-10)7(13-2)8(9)11-6/h3H,4,10H2,1-2H3. The molecule has 0 bridgehead atoms. The maximum atomic E-state index is 5.92. The molecule has 1 heterocycles. The SMILES string of the molecule is COc1cc(CN)c(SC)c(Cl)n1. The van der Waals surface area contributed by atoms with Gasteiger partial charge >= 0.3 is 0 Å². The van der Waals surface area contributed by atoms with Crippen LogP contribution in [-0.4, -0.2) is 18.3 Å². The first-order valence-corrected chi connectivity index (χ1v) is 5.30. The molecule has 0 aromatic carbocycles. The lowest BCUT2D eigenvalue weighted by Crippen LogP contribution is -2.01. The normalized spacial score (nSPS) is 10.2. The highest BCUT2D eigenvalue weighted by Crippen LogP contribution is 2.29. The molecule has 0 fully saturated rings. The number of nitrogens with zero attached hydrogens (tertiary/aromatic N) is 1. The molecule has 1 aromatic rings. The molecule has 13 heavy (non-hydrogen) atoms. The Hall–Kier alpha value is -0.450. The summed E-state index contributed by atoms with van der Waals surface area (Å²) in [6, 6.07) is 1.80. The topological polar surface area (TPSA) is 48.1 Å². The molecule has 0 aliphatic rings. The molecular formula is C8H11ClN2OS. The molecule has 0 saturated heterocycles. The number of thioether (sulfide) groups is 1. The number of ether oxygens (including phenoxy) is 1. The van der Waals surface area contributed by atoms with Crippen LogP contribution in [0.4, 0.5) is 0 Å². The zero-order valence-corrected chi connectivity index (χ0v) is 9.08. The molecule has 0 aliphatic carbocycles. The second-order valence-corrected chi connectivity index (χ2v) is 3.53. The van der Waals surface area contributed by atoms with E-state index in [4.69, 9.17) is 22.1 Å². The highest BCUT2D eigenvalue weighted by Gasteiger charge is 2.09. The second kappa shape index (κ2) is 4.69. The Morgan fingerprint density at radius 2 is 2.38 bits per heavy atom. The van der Waals surface area contributed by atoms with Crippen molar-refractivity contribution >= 4 is 23.4 Å². The highest BCUT2D eigenvalue weighted by molar-refractivity contribution is 7.98. The van der Waals surface area contributed by atoms with Crippen LogP contribution in [0.5, 0.6) is 5.88 Å². The van der Waals surface area contributed by atoms with Gasteiger partial charge in [-0.15, -0.1) is 11.8 Å². The minimum Gasteiger partial charge on any atom is -0.481 e. The van der Waals surface area contributed by atoms with E-state index in [1.807, 2.05) is 6.26 Å². The minimum atomic E-state index is 0.439. The van der Waals surface area contributed by atoms with E-state index in [2.05, 4.69) is 4.98 Å². The summed E-state index contributed by atoms with van der Waals surface area (Å²) in [5.74, 6) is 0.503. The predicted molar refractivity (Wildman–Crippen MR) is 55.5 cm³/mol. The fourth-order valence-electron chi connectivity index (χ4n) is 0.998. The van der Waals surface area contributed by atoms with E-state index in [0.717, 1.165) is 10.5 Å². The molecule has 1 aromatic heterocycles. The van der Waals surface area contributed by atoms with Crippen LogP contribution in [0, 0.1) is 0 Å². The van der Waals surface area contributed by atoms with Crippen molar-refractivity contribution in [2.45, 2.75) is 11.4 Å². The van der Waals surface area contributed by atoms with Gasteiger partial charge in [0.05, 0.1) is 7.11 Å². The van der Waals surface area contributed by atoms with Crippen LogP contribution in [0.3, 0.4) is 0 Å². The first kappa shape index (κ1) is 10.6. The number of rotatable bonds is 3. The molecule has 0 amide bonds. The van der Waals surface area contributed by atoms with Gasteiger partial charge in [-0.2, -0.15) is 0 Å². The number of pyridine rings is 1. The maximum absolute atomic E-state index is 5.92. The Morgan fingerprint density at radius 1 is 1.69 bits per heavy atom. The molecule has 3 nitrogen and oxygen atoms in total. The van der Waals surface area contributed by atoms with Gasteiger partial charge in [0.15, 0.2) is 0 Å². The van der Waals surface area contributed by atoms with E-state index in [0.29, 0.717) is 17.6 Å². The van der Waals surface area contributed by atoms with Crippen LogP contribution >= 0.6 is 23.4 Å². The predicted octanol–water partition coefficient (Wildman–Crippen LogP) is 1.92. The molecule has 0 spiro atoms. The fraction of sp³-hybridized carbons (Fsp3) is 0.375. The van der Waals surface area contributed by atoms with Crippen LogP contribution < -0.4 is 10.5 Å². The largest absolute Gasteiger partial charge is 0.481 e. The van der Waals surface area contributed by atoms with E-state index in [9.17, 15) is 0 Å². The number of halogens is 1. The van der Waals surface area contributed by atoms with Gasteiger partial charge in [0.2, 0.25) is 5.88 Å². The lowest BCUT2D eigenvalue weighted by molar-refractivity contribution is 0.396. The van der Waals surface area contributed by atoms with Crippen molar-refractivity contribution in [1.82, 2.24) is 4.98 Å². The molecule has 1 rings (SSSR count). The Labute approximate surface area is 86.6 Å². The van der Waals surface area contributed by atoms with Crippen LogP contribution in [0.1, 0.15) is 5.56 Å². The Kier molecular flexibility index (Phi) is 3.84. The van der Waals surface area contributed by atoms with Crippen molar-refractivity contribution in [2.75, 3.05) is 13.4 Å². The lowest BCUT2D eigenvalue weighted by atomic mass is 10.3. The first-order valence-electron chi connectivity index (χ1n) is 3.70. The summed E-state index contributed by atoms with van der Waals surface area (Å²) in [6.45, 7) is 0.439. The third-order valence-corrected chi connectivity index (χ3v) is 2.87. The Bertz CT molecular complexity index is 306. The molecule has 5 heteroatoms. The van der Waals surface area contributed by atoms with Crippen LogP contribution in [-0.2, 0) is 6.54 Å². The molecular weight excluding hydrogens is 208 g/mol. The van der Waals surface area contributed by atoms with Gasteiger partial charge in [0.25, 0.3) is 0 Å². The minimum absolute atomic E-state index is 0.439. The zero-order chi connectivity index (χ0) is 9.84. The molecule has 0 atom stereocenters. The molecule has 0 saturated carbocycles. The number of nitrogens with two attached hydrogens (primary N) is 1. The Morgan fingerprint density at radius 3 is 2.85 bits per heavy atom. The van der Waals surface area contributed by atoms with E-state index < -0.39 is 0 Å². The lowest BCUT2D eigenvalue weighted by Gasteiger charge is -2.08. The average molecular weight is 219 g/mol. The van der Waals surface area contributed by atoms with Gasteiger partial charge in [0, 0.05) is 17.5 Å². The number of aromatic nitrogens is 1. The van der Waals surface area contributed by atoms with Gasteiger partial charge in [-0.05, 0) is 11.8 Å². The summed E-state index contributed by atoms with van der Waals surface area (Å²) in [6.07, 6.45) is 1.94. The second-order valence-electron chi connectivity index (χ2n) is 2.35. The maximum Gasteiger partial charge on any atom is 0.214 e. The summed E-state index contributed by atoms with van der Waals surface area (Å²) in [5, 5.41) is 0.451. The van der Waals surface area contributed by atoms with Crippen molar-refractivity contribution < 1.29 is 4.74 Å². The van der Waals surface area contributed by atoms with Gasteiger partial charge < -0.3 is 10.5 Å². The van der Waals surface area contributed by atoms with E-state index in [-0.39, 0.29) is 0 Å². The summed E-state index contributed by atoms with van der Waals surface area (Å²) < 4.78 is 4.98. The first-order chi connectivity index (χ1) is 6.22. The van der Waals surface area contributed by atoms with Crippen molar-refractivity contribution in [3.63, 3.8) is 0 Å². The van der Waals surface area contributed by atoms with Crippen molar-refractivity contribution in [3.8, 4) is 5.88 Å². The van der Waals surface area contributed by atoms with Crippen molar-refractivity contribution in [3.05, 3.63) is 16.8 Å². The van der Waals surface area contributed by atoms with Crippen molar-refractivity contribution in [2.24, 2.45) is 5.73 Å². The monoisotopic (exact) mass is 218 g/mol. The average Bonchev–Trinajstić information content (AvgIpc) is 2.16. The summed E-state index contributed by atoms with van der Waals surface area (Å²) >= 11 is 7.46. The van der Waals surface area contributed by atoms with E-state index >= 15 is 0 Å². The van der Waals surface area contributed by atoms with Gasteiger partial charge in [-0.1, -0.05) is 11.6 Å². The quantitative estimate of drug-likeness (QED) is 0.622. The molecule has 72 valence electrons. The number of hydrogen-bond acceptors (Lipinski definition) is 4. The zero-order valence-electron chi connectivity index (χ0n) is 7.50. The van der Waals surface area contributed by atoms with Crippen LogP contribution in [0.25, 0.3) is 0 Å². The fourth-order valence-corrected chi connectivity index (χ4v) is 2.05. The van der Waals surface area contributed by atoms with Gasteiger partial charge in [-0.25, -0.2) is 4.98 Å². The van der Waals surface area contributed by atoms with Gasteiger partial charge in [0.1, 0.15) is 5.15 Å². The van der Waals surface area contributed by atoms with Crippen LogP contribution in [0.2, 0.25) is 5.15 Å². The summed E-state index contributed by atoms with van der Waals surface area (Å²) in [4.78, 5) is 4.96. The number of hydrogen-bond donors (Lipinski definition) is 1. The molecule has 0 radical (unpaired) electrons. The third kappa shape index (κ3) is 2.27. The number of methoxy groups -OCH3 is 1.